The van der Waals surface area contributed by atoms with Crippen LogP contribution in [0.25, 0.3) is 0 Å². The van der Waals surface area contributed by atoms with Crippen molar-refractivity contribution in [3.63, 3.8) is 0 Å². The van der Waals surface area contributed by atoms with Crippen LogP contribution in [0.2, 0.25) is 0 Å². The summed E-state index contributed by atoms with van der Waals surface area (Å²) in [7, 11) is 0. The van der Waals surface area contributed by atoms with Gasteiger partial charge in [0.05, 0.1) is 0 Å². The molecule has 2 heterocycles. The van der Waals surface area contributed by atoms with Crippen LogP contribution in [-0.4, -0.2) is 29.0 Å². The molecule has 60 valence electrons. The molecule has 0 spiro atoms. The molecular weight excluding hydrogens is 146 g/mol. The first-order valence-electron chi connectivity index (χ1n) is 3.68. The van der Waals surface area contributed by atoms with Gasteiger partial charge in [-0.15, -0.1) is 0 Å². The van der Waals surface area contributed by atoms with E-state index in [9.17, 15) is 9.59 Å². The molecule has 2 fully saturated rings. The zero-order valence-corrected chi connectivity index (χ0v) is 6.29. The third kappa shape index (κ3) is 0.640. The molecule has 1 amide bonds. The summed E-state index contributed by atoms with van der Waals surface area (Å²) >= 11 is 0. The summed E-state index contributed by atoms with van der Waals surface area (Å²) in [6.45, 7) is 2.41. The third-order valence-electron chi connectivity index (χ3n) is 2.48. The second-order valence-electron chi connectivity index (χ2n) is 3.18. The zero-order chi connectivity index (χ0) is 8.06. The highest BCUT2D eigenvalue weighted by Crippen LogP contribution is 2.35. The average Bonchev–Trinajstić information content (AvgIpc) is 2.39. The van der Waals surface area contributed by atoms with Gasteiger partial charge in [0.15, 0.2) is 0 Å². The topological polar surface area (TPSA) is 46.6 Å². The summed E-state index contributed by atoms with van der Waals surface area (Å²) in [5.41, 5.74) is -0.642. The molecule has 0 bridgehead atoms. The molecule has 0 saturated carbocycles. The average molecular weight is 155 g/mol. The fourth-order valence-electron chi connectivity index (χ4n) is 1.71. The van der Waals surface area contributed by atoms with Gasteiger partial charge in [0, 0.05) is 6.54 Å². The van der Waals surface area contributed by atoms with Crippen LogP contribution in [0.15, 0.2) is 0 Å². The molecule has 4 nitrogen and oxygen atoms in total. The van der Waals surface area contributed by atoms with Crippen LogP contribution >= 0.6 is 0 Å². The van der Waals surface area contributed by atoms with Crippen molar-refractivity contribution >= 4 is 12.1 Å². The summed E-state index contributed by atoms with van der Waals surface area (Å²) in [5, 5.41) is 0. The summed E-state index contributed by atoms with van der Waals surface area (Å²) in [6.07, 6.45) is 1.16. The van der Waals surface area contributed by atoms with E-state index in [0.29, 0.717) is 6.54 Å². The molecule has 2 aliphatic rings. The molecule has 0 aromatic rings. The predicted octanol–water partition coefficient (Wildman–Crippen LogP) is 0.518. The fourth-order valence-corrected chi connectivity index (χ4v) is 1.71. The lowest BCUT2D eigenvalue weighted by Gasteiger charge is -2.19. The molecular formula is C7H9NO3. The number of ether oxygens (including phenoxy) is 1. The van der Waals surface area contributed by atoms with E-state index in [2.05, 4.69) is 4.74 Å². The second kappa shape index (κ2) is 1.75. The molecule has 2 rings (SSSR count). The lowest BCUT2D eigenvalue weighted by molar-refractivity contribution is -0.139. The van der Waals surface area contributed by atoms with Crippen LogP contribution in [0, 0.1) is 0 Å². The van der Waals surface area contributed by atoms with Crippen molar-refractivity contribution < 1.29 is 14.3 Å². The maximum absolute atomic E-state index is 11.1. The van der Waals surface area contributed by atoms with Gasteiger partial charge < -0.3 is 4.74 Å². The smallest absolute Gasteiger partial charge is 0.374 e. The highest BCUT2D eigenvalue weighted by Gasteiger charge is 2.54. The molecule has 2 saturated heterocycles. The van der Waals surface area contributed by atoms with Gasteiger partial charge in [-0.1, -0.05) is 0 Å². The maximum atomic E-state index is 11.1. The van der Waals surface area contributed by atoms with E-state index in [1.54, 1.807) is 6.92 Å². The van der Waals surface area contributed by atoms with Gasteiger partial charge in [-0.25, -0.2) is 9.59 Å². The van der Waals surface area contributed by atoms with Gasteiger partial charge in [0.2, 0.25) is 0 Å². The zero-order valence-electron chi connectivity index (χ0n) is 6.29. The van der Waals surface area contributed by atoms with Crippen LogP contribution in [0.1, 0.15) is 19.8 Å². The molecule has 0 aromatic heterocycles. The van der Waals surface area contributed by atoms with E-state index >= 15 is 0 Å². The number of nitrogens with zero attached hydrogens (tertiary/aromatic N) is 1. The Morgan fingerprint density at radius 2 is 2.27 bits per heavy atom. The Morgan fingerprint density at radius 3 is 2.91 bits per heavy atom. The normalized spacial score (nSPS) is 35.9. The van der Waals surface area contributed by atoms with Crippen molar-refractivity contribution in [2.75, 3.05) is 6.54 Å². The van der Waals surface area contributed by atoms with E-state index in [-0.39, 0.29) is 5.97 Å². The number of hydrogen-bond acceptors (Lipinski definition) is 3. The van der Waals surface area contributed by atoms with Crippen molar-refractivity contribution in [3.8, 4) is 0 Å². The minimum atomic E-state index is -0.642. The first-order chi connectivity index (χ1) is 5.14. The van der Waals surface area contributed by atoms with E-state index in [0.717, 1.165) is 12.8 Å². The fraction of sp³-hybridized carbons (Fsp3) is 0.714. The molecule has 0 aliphatic carbocycles. The number of hydrogen-bond donors (Lipinski definition) is 0. The Labute approximate surface area is 64.1 Å². The SMILES string of the molecule is C[C@@]12CCCN1C(=O)OC2=O. The van der Waals surface area contributed by atoms with Gasteiger partial charge in [-0.3, -0.25) is 4.90 Å². The molecule has 0 N–H and O–H groups in total. The van der Waals surface area contributed by atoms with E-state index in [4.69, 9.17) is 0 Å². The Morgan fingerprint density at radius 1 is 1.55 bits per heavy atom. The van der Waals surface area contributed by atoms with E-state index in [1.807, 2.05) is 0 Å². The monoisotopic (exact) mass is 155 g/mol. The van der Waals surface area contributed by atoms with Gasteiger partial charge in [0.1, 0.15) is 5.54 Å². The quantitative estimate of drug-likeness (QED) is 0.378. The summed E-state index contributed by atoms with van der Waals surface area (Å²) in [4.78, 5) is 23.6. The number of rotatable bonds is 0. The number of carbonyl (C=O) groups is 2. The standard InChI is InChI=1S/C7H9NO3/c1-7-3-2-4-8(7)6(10)11-5(7)9/h2-4H2,1H3/t7-/m0/s1. The van der Waals surface area contributed by atoms with Crippen molar-refractivity contribution in [1.29, 1.82) is 0 Å². The summed E-state index contributed by atoms with van der Waals surface area (Å²) < 4.78 is 4.48. The van der Waals surface area contributed by atoms with Crippen molar-refractivity contribution in [3.05, 3.63) is 0 Å². The molecule has 1 atom stereocenters. The third-order valence-corrected chi connectivity index (χ3v) is 2.48. The minimum absolute atomic E-state index is 0.389. The van der Waals surface area contributed by atoms with Crippen LogP contribution in [0.4, 0.5) is 4.79 Å². The molecule has 0 radical (unpaired) electrons. The van der Waals surface area contributed by atoms with Gasteiger partial charge in [-0.2, -0.15) is 0 Å². The number of fused-ring (bicyclic) bond motifs is 1. The van der Waals surface area contributed by atoms with E-state index < -0.39 is 11.6 Å². The van der Waals surface area contributed by atoms with Crippen LogP contribution in [0.5, 0.6) is 0 Å². The first kappa shape index (κ1) is 6.64. The molecule has 2 aliphatic heterocycles. The van der Waals surface area contributed by atoms with Crippen LogP contribution in [-0.2, 0) is 9.53 Å². The van der Waals surface area contributed by atoms with Gasteiger partial charge in [0.25, 0.3) is 0 Å². The van der Waals surface area contributed by atoms with Crippen molar-refractivity contribution in [2.24, 2.45) is 0 Å². The largest absolute Gasteiger partial charge is 0.418 e. The molecule has 4 heteroatoms. The highest BCUT2D eigenvalue weighted by atomic mass is 16.6. The number of esters is 1. The summed E-state index contributed by atoms with van der Waals surface area (Å²) in [6, 6.07) is 0. The number of amides is 1. The molecule has 0 unspecified atom stereocenters. The first-order valence-corrected chi connectivity index (χ1v) is 3.68. The second-order valence-corrected chi connectivity index (χ2v) is 3.18. The summed E-state index contributed by atoms with van der Waals surface area (Å²) in [5.74, 6) is -0.389. The number of cyclic esters (lactones) is 2. The van der Waals surface area contributed by atoms with Gasteiger partial charge >= 0.3 is 12.1 Å². The van der Waals surface area contributed by atoms with Crippen molar-refractivity contribution in [1.82, 2.24) is 4.90 Å². The molecule has 0 aromatic carbocycles. The lowest BCUT2D eigenvalue weighted by Crippen LogP contribution is -2.41. The highest BCUT2D eigenvalue weighted by molar-refractivity contribution is 5.98. The maximum Gasteiger partial charge on any atom is 0.418 e. The van der Waals surface area contributed by atoms with Crippen molar-refractivity contribution in [2.45, 2.75) is 25.3 Å². The number of carbonyl (C=O) groups excluding carboxylic acids is 2. The van der Waals surface area contributed by atoms with E-state index in [1.165, 1.54) is 4.90 Å². The lowest BCUT2D eigenvalue weighted by atomic mass is 10.0. The predicted molar refractivity (Wildman–Crippen MR) is 35.8 cm³/mol. The molecule has 11 heavy (non-hydrogen) atoms. The minimum Gasteiger partial charge on any atom is -0.374 e. The Balaban J connectivity index is 2.39. The Hall–Kier alpha value is -1.06. The Bertz CT molecular complexity index is 238. The Kier molecular flexibility index (Phi) is 1.06. The van der Waals surface area contributed by atoms with Gasteiger partial charge in [-0.05, 0) is 19.8 Å². The van der Waals surface area contributed by atoms with Crippen LogP contribution < -0.4 is 0 Å². The van der Waals surface area contributed by atoms with Crippen LogP contribution in [0.3, 0.4) is 0 Å².